The second-order valence-corrected chi connectivity index (χ2v) is 14.1. The minimum atomic E-state index is -3.86. The van der Waals surface area contributed by atoms with Crippen LogP contribution in [0.15, 0.2) is 112 Å². The van der Waals surface area contributed by atoms with Gasteiger partial charge in [-0.25, -0.2) is 13.4 Å². The lowest BCUT2D eigenvalue weighted by atomic mass is 9.83. The number of ether oxygens (including phenoxy) is 2. The summed E-state index contributed by atoms with van der Waals surface area (Å²) >= 11 is 12.3. The minimum Gasteiger partial charge on any atom is -0.494 e. The van der Waals surface area contributed by atoms with Gasteiger partial charge in [0.05, 0.1) is 33.8 Å². The summed E-state index contributed by atoms with van der Waals surface area (Å²) in [6, 6.07) is 26.9. The number of aliphatic imine (C=N–C) groups is 1. The van der Waals surface area contributed by atoms with Crippen LogP contribution >= 0.6 is 23.2 Å². The van der Waals surface area contributed by atoms with Gasteiger partial charge in [-0.1, -0.05) is 76.8 Å². The Balaban J connectivity index is 1.60. The molecule has 0 aliphatic carbocycles. The van der Waals surface area contributed by atoms with Crippen LogP contribution < -0.4 is 10.1 Å². The molecule has 4 aromatic rings. The van der Waals surface area contributed by atoms with Crippen LogP contribution in [0.25, 0.3) is 10.4 Å². The predicted octanol–water partition coefficient (Wildman–Crippen LogP) is 7.00. The van der Waals surface area contributed by atoms with Gasteiger partial charge in [-0.05, 0) is 70.8 Å². The van der Waals surface area contributed by atoms with Gasteiger partial charge in [0.1, 0.15) is 5.75 Å². The molecule has 1 heterocycles. The van der Waals surface area contributed by atoms with Crippen LogP contribution in [0, 0.1) is 0 Å². The summed E-state index contributed by atoms with van der Waals surface area (Å²) < 4.78 is 39.4. The van der Waals surface area contributed by atoms with Crippen LogP contribution in [-0.2, 0) is 32.5 Å². The van der Waals surface area contributed by atoms with E-state index < -0.39 is 33.1 Å². The first-order valence-corrected chi connectivity index (χ1v) is 17.8. The van der Waals surface area contributed by atoms with Crippen molar-refractivity contribution in [3.8, 4) is 5.75 Å². The maximum atomic E-state index is 14.6. The zero-order valence-electron chi connectivity index (χ0n) is 26.2. The first-order valence-electron chi connectivity index (χ1n) is 15.4. The third-order valence-electron chi connectivity index (χ3n) is 7.96. The molecule has 0 aromatic heterocycles. The van der Waals surface area contributed by atoms with Crippen molar-refractivity contribution in [2.45, 2.75) is 42.5 Å². The summed E-state index contributed by atoms with van der Waals surface area (Å²) in [5, 5.41) is 16.4. The number of benzene rings is 4. The lowest BCUT2D eigenvalue weighted by Crippen LogP contribution is -2.49. The molecule has 0 bridgehead atoms. The van der Waals surface area contributed by atoms with Crippen LogP contribution in [0.4, 0.5) is 0 Å². The van der Waals surface area contributed by atoms with Crippen LogP contribution in [0.2, 0.25) is 10.0 Å². The van der Waals surface area contributed by atoms with Gasteiger partial charge < -0.3 is 19.9 Å². The van der Waals surface area contributed by atoms with E-state index in [9.17, 15) is 13.2 Å². The normalized spacial score (nSPS) is 17.0. The fraction of sp³-hybridized carbons (Fsp3) is 0.257. The highest BCUT2D eigenvalue weighted by molar-refractivity contribution is 7.91. The number of nitrogens with zero attached hydrogens (tertiary/aromatic N) is 4. The highest BCUT2D eigenvalue weighted by Gasteiger charge is 2.54. The van der Waals surface area contributed by atoms with E-state index in [-0.39, 0.29) is 36.9 Å². The zero-order valence-corrected chi connectivity index (χ0v) is 28.5. The van der Waals surface area contributed by atoms with Crippen molar-refractivity contribution in [2.24, 2.45) is 10.1 Å². The largest absolute Gasteiger partial charge is 0.494 e. The summed E-state index contributed by atoms with van der Waals surface area (Å²) in [4.78, 5) is 22.5. The van der Waals surface area contributed by atoms with Crippen molar-refractivity contribution in [1.82, 2.24) is 5.32 Å². The number of sulfone groups is 1. The van der Waals surface area contributed by atoms with Crippen LogP contribution in [0.1, 0.15) is 41.2 Å². The Morgan fingerprint density at radius 2 is 1.76 bits per heavy atom. The summed E-state index contributed by atoms with van der Waals surface area (Å²) in [7, 11) is -3.86. The number of carbonyl (C=O) groups excluding carboxylic acids is 1. The van der Waals surface area contributed by atoms with E-state index in [0.29, 0.717) is 51.1 Å². The molecule has 5 rings (SSSR count). The van der Waals surface area contributed by atoms with Crippen LogP contribution in [-0.4, -0.2) is 49.8 Å². The van der Waals surface area contributed by atoms with Gasteiger partial charge in [0.2, 0.25) is 5.90 Å². The van der Waals surface area contributed by atoms with E-state index in [4.69, 9.17) is 48.3 Å². The molecule has 0 saturated heterocycles. The number of carbonyl (C=O) groups is 1. The molecule has 14 heteroatoms. The number of aliphatic hydroxyl groups is 1. The van der Waals surface area contributed by atoms with E-state index in [1.165, 1.54) is 12.1 Å². The maximum absolute atomic E-state index is 14.6. The van der Waals surface area contributed by atoms with Crippen molar-refractivity contribution >= 4 is 44.8 Å². The molecular formula is C35H33Cl2N5O6S. The number of azide groups is 1. The molecule has 2 atom stereocenters. The second-order valence-electron chi connectivity index (χ2n) is 11.2. The monoisotopic (exact) mass is 721 g/mol. The Morgan fingerprint density at radius 1 is 1.02 bits per heavy atom. The molecule has 2 N–H and O–H groups in total. The number of amides is 1. The van der Waals surface area contributed by atoms with Gasteiger partial charge in [-0.3, -0.25) is 4.79 Å². The second kappa shape index (κ2) is 16.2. The van der Waals surface area contributed by atoms with Crippen molar-refractivity contribution < 1.29 is 27.8 Å². The lowest BCUT2D eigenvalue weighted by molar-refractivity contribution is -0.129. The van der Waals surface area contributed by atoms with Gasteiger partial charge in [0, 0.05) is 36.5 Å². The molecular weight excluding hydrogens is 689 g/mol. The van der Waals surface area contributed by atoms with Crippen molar-refractivity contribution in [3.05, 3.63) is 140 Å². The third-order valence-corrected chi connectivity index (χ3v) is 10.4. The average Bonchev–Trinajstić information content (AvgIpc) is 3.52. The zero-order chi connectivity index (χ0) is 34.9. The summed E-state index contributed by atoms with van der Waals surface area (Å²) in [6.07, 6.45) is -0.878. The lowest BCUT2D eigenvalue weighted by Gasteiger charge is -2.31. The van der Waals surface area contributed by atoms with Crippen molar-refractivity contribution in [2.75, 3.05) is 19.0 Å². The molecule has 0 radical (unpaired) electrons. The Kier molecular flexibility index (Phi) is 11.8. The van der Waals surface area contributed by atoms with Gasteiger partial charge in [0.15, 0.2) is 21.5 Å². The summed E-state index contributed by atoms with van der Waals surface area (Å²) in [5.41, 5.74) is 9.59. The quantitative estimate of drug-likeness (QED) is 0.0581. The Hall–Kier alpha value is -4.58. The van der Waals surface area contributed by atoms with Crippen molar-refractivity contribution in [1.29, 1.82) is 0 Å². The molecule has 49 heavy (non-hydrogen) atoms. The van der Waals surface area contributed by atoms with Gasteiger partial charge >= 0.3 is 0 Å². The standard InChI is InChI=1S/C35H33Cl2N5O6S/c36-30-16-11-24(21-31(30)37)22-39-34(44)35(17-20-49(45,46)28-8-2-1-3-9-28)32(29-10-5-4-7-26(29)23-40-42-38)48-33(41-35)25-12-14-27(15-13-25)47-19-6-18-43/h1-5,7-16,21,32,43H,6,17-20,22-23H2,(H,39,44)/t32-,35-/m1/s1. The fourth-order valence-electron chi connectivity index (χ4n) is 5.41. The maximum Gasteiger partial charge on any atom is 0.252 e. The molecule has 11 nitrogen and oxygen atoms in total. The highest BCUT2D eigenvalue weighted by Crippen LogP contribution is 2.44. The smallest absolute Gasteiger partial charge is 0.252 e. The predicted molar refractivity (Wildman–Crippen MR) is 187 cm³/mol. The molecule has 0 spiro atoms. The molecule has 4 aromatic carbocycles. The summed E-state index contributed by atoms with van der Waals surface area (Å²) in [5.74, 6) is -0.326. The Morgan fingerprint density at radius 3 is 2.47 bits per heavy atom. The van der Waals surface area contributed by atoms with E-state index in [0.717, 1.165) is 0 Å². The first-order chi connectivity index (χ1) is 23.7. The minimum absolute atomic E-state index is 0.000463. The molecule has 0 fully saturated rings. The molecule has 1 aliphatic rings. The van der Waals surface area contributed by atoms with E-state index >= 15 is 0 Å². The molecule has 0 saturated carbocycles. The third kappa shape index (κ3) is 8.54. The molecule has 0 unspecified atom stereocenters. The average molecular weight is 723 g/mol. The highest BCUT2D eigenvalue weighted by atomic mass is 35.5. The number of hydrogen-bond donors (Lipinski definition) is 2. The fourth-order valence-corrected chi connectivity index (χ4v) is 7.12. The topological polar surface area (TPSA) is 163 Å². The van der Waals surface area contributed by atoms with E-state index in [1.54, 1.807) is 84.9 Å². The SMILES string of the molecule is [N-]=[N+]=NCc1ccccc1[C@H]1OC(c2ccc(OCCCO)cc2)=N[C@@]1(CCS(=O)(=O)c1ccccc1)C(=O)NCc1ccc(Cl)c(Cl)c1. The number of rotatable bonds is 15. The van der Waals surface area contributed by atoms with Gasteiger partial charge in [-0.2, -0.15) is 0 Å². The van der Waals surface area contributed by atoms with E-state index in [2.05, 4.69) is 15.3 Å². The Labute approximate surface area is 294 Å². The van der Waals surface area contributed by atoms with E-state index in [1.807, 2.05) is 0 Å². The van der Waals surface area contributed by atoms with Crippen molar-refractivity contribution in [3.63, 3.8) is 0 Å². The first kappa shape index (κ1) is 35.7. The number of hydrogen-bond acceptors (Lipinski definition) is 8. The molecule has 1 amide bonds. The Bertz CT molecular complexity index is 1970. The molecule has 1 aliphatic heterocycles. The van der Waals surface area contributed by atoms with Gasteiger partial charge in [-0.15, -0.1) is 0 Å². The summed E-state index contributed by atoms with van der Waals surface area (Å²) in [6.45, 7) is 0.335. The number of aliphatic hydroxyl groups excluding tert-OH is 1. The molecule has 254 valence electrons. The van der Waals surface area contributed by atoms with Gasteiger partial charge in [0.25, 0.3) is 5.91 Å². The van der Waals surface area contributed by atoms with Crippen LogP contribution in [0.3, 0.4) is 0 Å². The van der Waals surface area contributed by atoms with Crippen LogP contribution in [0.5, 0.6) is 5.75 Å². The number of nitrogens with one attached hydrogen (secondary N) is 1. The number of halogens is 2.